The predicted octanol–water partition coefficient (Wildman–Crippen LogP) is 4.35. The van der Waals surface area contributed by atoms with Crippen LogP contribution >= 0.6 is 0 Å². The van der Waals surface area contributed by atoms with Gasteiger partial charge in [0.2, 0.25) is 0 Å². The second-order valence-electron chi connectivity index (χ2n) is 8.08. The third-order valence-electron chi connectivity index (χ3n) is 5.18. The van der Waals surface area contributed by atoms with Crippen LogP contribution in [-0.2, 0) is 17.6 Å². The molecule has 1 N–H and O–H groups in total. The minimum absolute atomic E-state index is 0.102. The Morgan fingerprint density at radius 3 is 2.48 bits per heavy atom. The van der Waals surface area contributed by atoms with E-state index in [1.807, 2.05) is 61.5 Å². The van der Waals surface area contributed by atoms with Crippen molar-refractivity contribution in [2.45, 2.75) is 18.9 Å². The largest absolute Gasteiger partial charge is 0.507 e. The number of phenolic OH excluding ortho intramolecular Hbond substituents is 1. The van der Waals surface area contributed by atoms with E-state index in [-0.39, 0.29) is 17.9 Å². The Hall–Kier alpha value is -3.51. The molecule has 3 rings (SSSR count). The fraction of sp³-hybridized carbons (Fsp3) is 0.296. The Kier molecular flexibility index (Phi) is 8.72. The highest BCUT2D eigenvalue weighted by Gasteiger charge is 2.20. The molecule has 0 radical (unpaired) electrons. The van der Waals surface area contributed by atoms with E-state index < -0.39 is 12.1 Å². The average Bonchev–Trinajstić information content (AvgIpc) is 2.81. The van der Waals surface area contributed by atoms with Crippen LogP contribution in [-0.4, -0.2) is 56.4 Å². The van der Waals surface area contributed by atoms with E-state index in [2.05, 4.69) is 6.07 Å². The molecule has 0 bridgehead atoms. The maximum Gasteiger partial charge on any atom is 0.342 e. The van der Waals surface area contributed by atoms with Gasteiger partial charge in [-0.1, -0.05) is 42.5 Å². The van der Waals surface area contributed by atoms with Gasteiger partial charge in [-0.25, -0.2) is 4.79 Å². The van der Waals surface area contributed by atoms with Gasteiger partial charge in [0.25, 0.3) is 0 Å². The van der Waals surface area contributed by atoms with E-state index in [0.717, 1.165) is 29.9 Å². The molecule has 6 heteroatoms. The van der Waals surface area contributed by atoms with Crippen molar-refractivity contribution in [2.24, 2.45) is 0 Å². The molecular weight excluding hydrogens is 418 g/mol. The molecule has 0 aliphatic rings. The first-order chi connectivity index (χ1) is 16.0. The van der Waals surface area contributed by atoms with E-state index in [1.54, 1.807) is 25.3 Å². The molecule has 3 aromatic rings. The first-order valence-electron chi connectivity index (χ1n) is 10.9. The number of likely N-dealkylation sites (N-methyl/N-ethyl adjacent to an activating group) is 1. The number of esters is 1. The van der Waals surface area contributed by atoms with Crippen molar-refractivity contribution in [1.82, 2.24) is 4.90 Å². The van der Waals surface area contributed by atoms with Gasteiger partial charge < -0.3 is 24.2 Å². The first kappa shape index (κ1) is 24.1. The molecule has 0 unspecified atom stereocenters. The van der Waals surface area contributed by atoms with E-state index in [4.69, 9.17) is 14.2 Å². The van der Waals surface area contributed by atoms with Crippen molar-refractivity contribution in [1.29, 1.82) is 0 Å². The minimum atomic E-state index is -0.574. The molecule has 0 aromatic heterocycles. The maximum absolute atomic E-state index is 12.6. The zero-order valence-corrected chi connectivity index (χ0v) is 19.4. The highest BCUT2D eigenvalue weighted by Crippen LogP contribution is 2.23. The van der Waals surface area contributed by atoms with Crippen LogP contribution in [0.4, 0.5) is 0 Å². The fourth-order valence-corrected chi connectivity index (χ4v) is 3.53. The SMILES string of the molecule is COc1cccc(CCc2ccccc2OC[C@H](CN(C)C)OC(=O)c2ccccc2O)c1. The Morgan fingerprint density at radius 2 is 1.73 bits per heavy atom. The summed E-state index contributed by atoms with van der Waals surface area (Å²) in [6, 6.07) is 22.3. The van der Waals surface area contributed by atoms with Crippen LogP contribution in [0.2, 0.25) is 0 Å². The molecule has 0 fully saturated rings. The molecule has 0 saturated carbocycles. The lowest BCUT2D eigenvalue weighted by molar-refractivity contribution is 0.0100. The number of rotatable bonds is 11. The fourth-order valence-electron chi connectivity index (χ4n) is 3.53. The molecule has 33 heavy (non-hydrogen) atoms. The molecule has 1 atom stereocenters. The van der Waals surface area contributed by atoms with Crippen molar-refractivity contribution in [2.75, 3.05) is 34.4 Å². The Balaban J connectivity index is 1.65. The summed E-state index contributed by atoms with van der Waals surface area (Å²) in [5, 5.41) is 9.96. The highest BCUT2D eigenvalue weighted by atomic mass is 16.6. The molecule has 0 aliphatic heterocycles. The number of carbonyl (C=O) groups is 1. The second kappa shape index (κ2) is 11.9. The van der Waals surface area contributed by atoms with E-state index in [9.17, 15) is 9.90 Å². The number of para-hydroxylation sites is 2. The minimum Gasteiger partial charge on any atom is -0.507 e. The van der Waals surface area contributed by atoms with Gasteiger partial charge in [0, 0.05) is 6.54 Å². The van der Waals surface area contributed by atoms with Crippen LogP contribution in [0.25, 0.3) is 0 Å². The third-order valence-corrected chi connectivity index (χ3v) is 5.18. The van der Waals surface area contributed by atoms with Crippen LogP contribution in [0.5, 0.6) is 17.2 Å². The smallest absolute Gasteiger partial charge is 0.342 e. The van der Waals surface area contributed by atoms with Crippen LogP contribution < -0.4 is 9.47 Å². The lowest BCUT2D eigenvalue weighted by Crippen LogP contribution is -2.35. The topological polar surface area (TPSA) is 68.2 Å². The molecule has 0 heterocycles. The van der Waals surface area contributed by atoms with E-state index in [1.165, 1.54) is 11.6 Å². The number of aryl methyl sites for hydroxylation is 2. The van der Waals surface area contributed by atoms with E-state index >= 15 is 0 Å². The quantitative estimate of drug-likeness (QED) is 0.439. The third kappa shape index (κ3) is 7.26. The molecule has 174 valence electrons. The van der Waals surface area contributed by atoms with Gasteiger partial charge in [-0.3, -0.25) is 0 Å². The van der Waals surface area contributed by atoms with Gasteiger partial charge in [0.15, 0.2) is 0 Å². The number of carbonyl (C=O) groups excluding carboxylic acids is 1. The summed E-state index contributed by atoms with van der Waals surface area (Å²) >= 11 is 0. The molecule has 0 amide bonds. The molecule has 0 saturated heterocycles. The van der Waals surface area contributed by atoms with Crippen molar-refractivity contribution in [3.63, 3.8) is 0 Å². The summed E-state index contributed by atoms with van der Waals surface area (Å²) in [7, 11) is 5.48. The van der Waals surface area contributed by atoms with Crippen molar-refractivity contribution in [3.8, 4) is 17.2 Å². The maximum atomic E-state index is 12.6. The first-order valence-corrected chi connectivity index (χ1v) is 10.9. The number of ether oxygens (including phenoxy) is 3. The van der Waals surface area contributed by atoms with Gasteiger partial charge in [-0.15, -0.1) is 0 Å². The summed E-state index contributed by atoms with van der Waals surface area (Å²) in [4.78, 5) is 14.5. The molecule has 0 spiro atoms. The lowest BCUT2D eigenvalue weighted by atomic mass is 10.0. The van der Waals surface area contributed by atoms with Gasteiger partial charge in [-0.05, 0) is 68.4 Å². The Morgan fingerprint density at radius 1 is 0.970 bits per heavy atom. The highest BCUT2D eigenvalue weighted by molar-refractivity contribution is 5.92. The van der Waals surface area contributed by atoms with Gasteiger partial charge in [0.05, 0.1) is 7.11 Å². The monoisotopic (exact) mass is 449 g/mol. The summed E-state index contributed by atoms with van der Waals surface area (Å²) in [6.07, 6.45) is 1.15. The number of hydrogen-bond donors (Lipinski definition) is 1. The van der Waals surface area contributed by atoms with E-state index in [0.29, 0.717) is 6.54 Å². The van der Waals surface area contributed by atoms with Crippen molar-refractivity contribution in [3.05, 3.63) is 89.5 Å². The Labute approximate surface area is 195 Å². The van der Waals surface area contributed by atoms with Crippen LogP contribution in [0, 0.1) is 0 Å². The number of methoxy groups -OCH3 is 1. The number of nitrogens with zero attached hydrogens (tertiary/aromatic N) is 1. The Bertz CT molecular complexity index is 1050. The standard InChI is InChI=1S/C27H31NO5/c1-28(2)18-23(33-27(30)24-12-5-6-13-25(24)29)19-32-26-14-7-4-10-21(26)16-15-20-9-8-11-22(17-20)31-3/h4-14,17,23,29H,15-16,18-19H2,1-3H3/t23-/m0/s1. The summed E-state index contributed by atoms with van der Waals surface area (Å²) in [6.45, 7) is 0.693. The normalized spacial score (nSPS) is 11.8. The van der Waals surface area contributed by atoms with Gasteiger partial charge in [0.1, 0.15) is 35.5 Å². The van der Waals surface area contributed by atoms with Crippen molar-refractivity contribution >= 4 is 5.97 Å². The number of hydrogen-bond acceptors (Lipinski definition) is 6. The van der Waals surface area contributed by atoms with Crippen LogP contribution in [0.1, 0.15) is 21.5 Å². The van der Waals surface area contributed by atoms with Crippen LogP contribution in [0.3, 0.4) is 0 Å². The molecule has 6 nitrogen and oxygen atoms in total. The predicted molar refractivity (Wildman–Crippen MR) is 128 cm³/mol. The van der Waals surface area contributed by atoms with Crippen LogP contribution in [0.15, 0.2) is 72.8 Å². The summed E-state index contributed by atoms with van der Waals surface area (Å²) in [5.74, 6) is 0.933. The zero-order valence-electron chi connectivity index (χ0n) is 19.4. The molecule has 3 aromatic carbocycles. The van der Waals surface area contributed by atoms with Gasteiger partial charge in [-0.2, -0.15) is 0 Å². The lowest BCUT2D eigenvalue weighted by Gasteiger charge is -2.22. The number of benzene rings is 3. The second-order valence-corrected chi connectivity index (χ2v) is 8.08. The van der Waals surface area contributed by atoms with Crippen molar-refractivity contribution < 1.29 is 24.1 Å². The average molecular weight is 450 g/mol. The summed E-state index contributed by atoms with van der Waals surface area (Å²) in [5.41, 5.74) is 2.40. The number of phenols is 1. The summed E-state index contributed by atoms with van der Waals surface area (Å²) < 4.78 is 17.1. The number of aromatic hydroxyl groups is 1. The molecule has 0 aliphatic carbocycles. The van der Waals surface area contributed by atoms with Gasteiger partial charge >= 0.3 is 5.97 Å². The molecular formula is C27H31NO5. The zero-order chi connectivity index (χ0) is 23.6.